The van der Waals surface area contributed by atoms with Gasteiger partial charge >= 0.3 is 12.0 Å². The van der Waals surface area contributed by atoms with Gasteiger partial charge in [-0.25, -0.2) is 9.18 Å². The normalized spacial score (nSPS) is 11.8. The molecule has 110 valence electrons. The van der Waals surface area contributed by atoms with Gasteiger partial charge in [0, 0.05) is 11.0 Å². The average Bonchev–Trinajstić information content (AvgIpc) is 2.38. The van der Waals surface area contributed by atoms with Crippen molar-refractivity contribution in [3.05, 3.63) is 28.5 Å². The Morgan fingerprint density at radius 1 is 1.45 bits per heavy atom. The van der Waals surface area contributed by atoms with Gasteiger partial charge in [0.2, 0.25) is 0 Å². The van der Waals surface area contributed by atoms with E-state index in [0.29, 0.717) is 17.3 Å². The lowest BCUT2D eigenvalue weighted by atomic mass is 10.0. The van der Waals surface area contributed by atoms with Gasteiger partial charge in [0.05, 0.1) is 11.6 Å². The summed E-state index contributed by atoms with van der Waals surface area (Å²) < 4.78 is 13.9. The molecular formula is C13H16BrFN2O3. The number of carboxylic acid groups (broad SMARTS) is 1. The molecule has 3 N–H and O–H groups in total. The van der Waals surface area contributed by atoms with Gasteiger partial charge in [-0.2, -0.15) is 0 Å². The second kappa shape index (κ2) is 7.84. The van der Waals surface area contributed by atoms with Crippen LogP contribution in [0.4, 0.5) is 14.9 Å². The fourth-order valence-electron chi connectivity index (χ4n) is 1.65. The molecule has 1 atom stereocenters. The van der Waals surface area contributed by atoms with Crippen molar-refractivity contribution in [2.75, 3.05) is 11.9 Å². The van der Waals surface area contributed by atoms with Gasteiger partial charge in [-0.3, -0.25) is 4.79 Å². The third-order valence-corrected chi connectivity index (χ3v) is 3.36. The highest BCUT2D eigenvalue weighted by atomic mass is 79.9. The average molecular weight is 347 g/mol. The molecule has 20 heavy (non-hydrogen) atoms. The molecule has 2 amide bonds. The number of aliphatic carboxylic acids is 1. The highest BCUT2D eigenvalue weighted by Gasteiger charge is 2.18. The molecule has 7 heteroatoms. The summed E-state index contributed by atoms with van der Waals surface area (Å²) in [5, 5.41) is 13.7. The zero-order valence-electron chi connectivity index (χ0n) is 11.0. The van der Waals surface area contributed by atoms with Crippen molar-refractivity contribution in [2.24, 2.45) is 5.92 Å². The highest BCUT2D eigenvalue weighted by Crippen LogP contribution is 2.24. The first-order valence-electron chi connectivity index (χ1n) is 6.17. The van der Waals surface area contributed by atoms with Crippen LogP contribution < -0.4 is 10.6 Å². The Morgan fingerprint density at radius 2 is 2.15 bits per heavy atom. The van der Waals surface area contributed by atoms with Gasteiger partial charge in [-0.15, -0.1) is 0 Å². The number of carbonyl (C=O) groups excluding carboxylic acids is 1. The van der Waals surface area contributed by atoms with Gasteiger partial charge in [0.25, 0.3) is 0 Å². The Bertz CT molecular complexity index is 476. The van der Waals surface area contributed by atoms with Crippen LogP contribution in [0.1, 0.15) is 19.8 Å². The van der Waals surface area contributed by atoms with Crippen LogP contribution in [0, 0.1) is 11.7 Å². The molecular weight excluding hydrogens is 331 g/mol. The molecule has 0 aliphatic carbocycles. The zero-order chi connectivity index (χ0) is 15.1. The third kappa shape index (κ3) is 4.80. The molecule has 5 nitrogen and oxygen atoms in total. The summed E-state index contributed by atoms with van der Waals surface area (Å²) in [7, 11) is 0. The number of rotatable bonds is 6. The summed E-state index contributed by atoms with van der Waals surface area (Å²) in [5.74, 6) is -2.17. The first-order valence-corrected chi connectivity index (χ1v) is 6.96. The summed E-state index contributed by atoms with van der Waals surface area (Å²) in [4.78, 5) is 22.6. The molecule has 0 heterocycles. The van der Waals surface area contributed by atoms with E-state index in [1.807, 2.05) is 6.92 Å². The predicted octanol–water partition coefficient (Wildman–Crippen LogP) is 3.21. The monoisotopic (exact) mass is 346 g/mol. The smallest absolute Gasteiger partial charge is 0.319 e. The van der Waals surface area contributed by atoms with E-state index in [1.165, 1.54) is 12.1 Å². The number of hydrogen-bond acceptors (Lipinski definition) is 2. The van der Waals surface area contributed by atoms with Crippen molar-refractivity contribution in [3.63, 3.8) is 0 Å². The molecule has 0 fully saturated rings. The van der Waals surface area contributed by atoms with Crippen molar-refractivity contribution < 1.29 is 19.1 Å². The molecule has 1 aromatic rings. The molecule has 0 bridgehead atoms. The number of nitrogens with one attached hydrogen (secondary N) is 2. The van der Waals surface area contributed by atoms with Crippen LogP contribution in [-0.4, -0.2) is 23.7 Å². The number of hydrogen-bond donors (Lipinski definition) is 3. The third-order valence-electron chi connectivity index (χ3n) is 2.70. The Labute approximate surface area is 124 Å². The number of halogens is 2. The minimum Gasteiger partial charge on any atom is -0.481 e. The number of para-hydroxylation sites is 1. The summed E-state index contributed by atoms with van der Waals surface area (Å²) >= 11 is 3.13. The van der Waals surface area contributed by atoms with Gasteiger partial charge in [-0.1, -0.05) is 19.4 Å². The topological polar surface area (TPSA) is 78.4 Å². The Balaban J connectivity index is 2.58. The maximum atomic E-state index is 13.5. The molecule has 1 rings (SSSR count). The van der Waals surface area contributed by atoms with Crippen LogP contribution in [0.25, 0.3) is 0 Å². The SMILES string of the molecule is CCCC(CNC(=O)Nc1c(F)cccc1Br)C(=O)O. The maximum absolute atomic E-state index is 13.5. The van der Waals surface area contributed by atoms with Crippen LogP contribution in [0.3, 0.4) is 0 Å². The molecule has 1 aromatic carbocycles. The Hall–Kier alpha value is -1.63. The molecule has 0 saturated heterocycles. The molecule has 0 aromatic heterocycles. The summed E-state index contributed by atoms with van der Waals surface area (Å²) in [6.45, 7) is 1.87. The quantitative estimate of drug-likeness (QED) is 0.739. The molecule has 0 radical (unpaired) electrons. The van der Waals surface area contributed by atoms with Gasteiger partial charge in [0.15, 0.2) is 0 Å². The first kappa shape index (κ1) is 16.4. The largest absolute Gasteiger partial charge is 0.481 e. The number of anilines is 1. The Morgan fingerprint density at radius 3 is 2.70 bits per heavy atom. The second-order valence-corrected chi connectivity index (χ2v) is 5.11. The van der Waals surface area contributed by atoms with Gasteiger partial charge in [0.1, 0.15) is 5.82 Å². The van der Waals surface area contributed by atoms with E-state index in [1.54, 1.807) is 6.07 Å². The number of urea groups is 1. The van der Waals surface area contributed by atoms with E-state index in [0.717, 1.165) is 0 Å². The van der Waals surface area contributed by atoms with Gasteiger partial charge < -0.3 is 15.7 Å². The fourth-order valence-corrected chi connectivity index (χ4v) is 2.09. The van der Waals surface area contributed by atoms with Crippen molar-refractivity contribution >= 4 is 33.6 Å². The number of carbonyl (C=O) groups is 2. The standard InChI is InChI=1S/C13H16BrFN2O3/c1-2-4-8(12(18)19)7-16-13(20)17-11-9(14)5-3-6-10(11)15/h3,5-6,8H,2,4,7H2,1H3,(H,18,19)(H2,16,17,20). The van der Waals surface area contributed by atoms with E-state index in [4.69, 9.17) is 5.11 Å². The Kier molecular flexibility index (Phi) is 6.44. The van der Waals surface area contributed by atoms with E-state index in [-0.39, 0.29) is 12.2 Å². The van der Waals surface area contributed by atoms with Crippen molar-refractivity contribution in [1.82, 2.24) is 5.32 Å². The molecule has 0 saturated carbocycles. The number of amides is 2. The lowest BCUT2D eigenvalue weighted by Crippen LogP contribution is -2.36. The fraction of sp³-hybridized carbons (Fsp3) is 0.385. The van der Waals surface area contributed by atoms with E-state index in [2.05, 4.69) is 26.6 Å². The van der Waals surface area contributed by atoms with Crippen LogP contribution in [0.15, 0.2) is 22.7 Å². The predicted molar refractivity (Wildman–Crippen MR) is 77.2 cm³/mol. The first-order chi connectivity index (χ1) is 9.45. The highest BCUT2D eigenvalue weighted by molar-refractivity contribution is 9.10. The lowest BCUT2D eigenvalue weighted by molar-refractivity contribution is -0.141. The van der Waals surface area contributed by atoms with E-state index in [9.17, 15) is 14.0 Å². The summed E-state index contributed by atoms with van der Waals surface area (Å²) in [6.07, 6.45) is 1.18. The second-order valence-electron chi connectivity index (χ2n) is 4.26. The number of carboxylic acids is 1. The summed E-state index contributed by atoms with van der Waals surface area (Å²) in [5.41, 5.74) is 0.0207. The lowest BCUT2D eigenvalue weighted by Gasteiger charge is -2.14. The van der Waals surface area contributed by atoms with Crippen LogP contribution in [0.2, 0.25) is 0 Å². The van der Waals surface area contributed by atoms with Crippen molar-refractivity contribution in [3.8, 4) is 0 Å². The minimum atomic E-state index is -0.959. The molecule has 0 aliphatic heterocycles. The van der Waals surface area contributed by atoms with Crippen LogP contribution in [0.5, 0.6) is 0 Å². The van der Waals surface area contributed by atoms with Crippen molar-refractivity contribution in [2.45, 2.75) is 19.8 Å². The minimum absolute atomic E-state index is 0.00107. The molecule has 0 aliphatic rings. The molecule has 1 unspecified atom stereocenters. The van der Waals surface area contributed by atoms with Gasteiger partial charge in [-0.05, 0) is 34.5 Å². The molecule has 0 spiro atoms. The van der Waals surface area contributed by atoms with E-state index >= 15 is 0 Å². The van der Waals surface area contributed by atoms with Crippen LogP contribution >= 0.6 is 15.9 Å². The van der Waals surface area contributed by atoms with Crippen molar-refractivity contribution in [1.29, 1.82) is 0 Å². The zero-order valence-corrected chi connectivity index (χ0v) is 12.5. The summed E-state index contributed by atoms with van der Waals surface area (Å²) in [6, 6.07) is 3.68. The van der Waals surface area contributed by atoms with Crippen LogP contribution in [-0.2, 0) is 4.79 Å². The number of benzene rings is 1. The van der Waals surface area contributed by atoms with E-state index < -0.39 is 23.7 Å². The maximum Gasteiger partial charge on any atom is 0.319 e.